The molecule has 2 unspecified atom stereocenters. The summed E-state index contributed by atoms with van der Waals surface area (Å²) in [6, 6.07) is 15.0. The zero-order chi connectivity index (χ0) is 21.3. The average molecular weight is 427 g/mol. The van der Waals surface area contributed by atoms with Crippen molar-refractivity contribution in [1.82, 2.24) is 0 Å². The number of rotatable bonds is 10. The molecule has 0 radical (unpaired) electrons. The molecule has 0 bridgehead atoms. The molecule has 2 N–H and O–H groups in total. The van der Waals surface area contributed by atoms with Gasteiger partial charge in [0.1, 0.15) is 24.7 Å². The van der Waals surface area contributed by atoms with Gasteiger partial charge in [-0.25, -0.2) is 0 Å². The molecule has 2 atom stereocenters. The number of hydrogen-bond acceptors (Lipinski definition) is 6. The van der Waals surface area contributed by atoms with E-state index in [1.165, 1.54) is 0 Å². The molecular weight excluding hydrogens is 396 g/mol. The second kappa shape index (κ2) is 11.0. The lowest BCUT2D eigenvalue weighted by Gasteiger charge is -2.15. The number of nitrogens with one attached hydrogen (secondary N) is 2. The number of carbonyl (C=O) groups is 1. The van der Waals surface area contributed by atoms with Crippen LogP contribution in [0.4, 0.5) is 11.4 Å². The van der Waals surface area contributed by atoms with E-state index in [-0.39, 0.29) is 24.7 Å². The van der Waals surface area contributed by atoms with E-state index in [0.29, 0.717) is 13.2 Å². The molecule has 2 saturated heterocycles. The Labute approximate surface area is 183 Å². The van der Waals surface area contributed by atoms with Crippen LogP contribution in [0.3, 0.4) is 0 Å². The Morgan fingerprint density at radius 3 is 2.26 bits per heavy atom. The van der Waals surface area contributed by atoms with Crippen LogP contribution >= 0.6 is 0 Å². The molecule has 0 saturated carbocycles. The molecule has 2 aromatic carbocycles. The van der Waals surface area contributed by atoms with Crippen LogP contribution in [0.5, 0.6) is 11.5 Å². The van der Waals surface area contributed by atoms with Gasteiger partial charge in [0.2, 0.25) is 5.91 Å². The van der Waals surface area contributed by atoms with E-state index >= 15 is 0 Å². The molecule has 1 amide bonds. The first-order chi connectivity index (χ1) is 15.3. The molecule has 2 fully saturated rings. The highest BCUT2D eigenvalue weighted by Gasteiger charge is 2.17. The molecule has 2 aliphatic rings. The highest BCUT2D eigenvalue weighted by atomic mass is 16.5. The quantitative estimate of drug-likeness (QED) is 0.601. The van der Waals surface area contributed by atoms with Crippen molar-refractivity contribution in [3.8, 4) is 11.5 Å². The normalized spacial score (nSPS) is 20.4. The summed E-state index contributed by atoms with van der Waals surface area (Å²) in [5.41, 5.74) is 1.51. The van der Waals surface area contributed by atoms with Crippen molar-refractivity contribution < 1.29 is 23.7 Å². The largest absolute Gasteiger partial charge is 0.491 e. The lowest BCUT2D eigenvalue weighted by Crippen LogP contribution is -2.22. The minimum atomic E-state index is -0.137. The molecule has 0 aliphatic carbocycles. The van der Waals surface area contributed by atoms with Gasteiger partial charge in [0.25, 0.3) is 0 Å². The third-order valence-electron chi connectivity index (χ3n) is 5.37. The van der Waals surface area contributed by atoms with E-state index in [4.69, 9.17) is 18.9 Å². The summed E-state index contributed by atoms with van der Waals surface area (Å²) in [5.74, 6) is 1.35. The van der Waals surface area contributed by atoms with Gasteiger partial charge >= 0.3 is 0 Å². The highest BCUT2D eigenvalue weighted by molar-refractivity contribution is 5.94. The molecule has 2 heterocycles. The van der Waals surface area contributed by atoms with E-state index in [9.17, 15) is 4.79 Å². The monoisotopic (exact) mass is 426 g/mol. The Morgan fingerprint density at radius 2 is 1.58 bits per heavy atom. The summed E-state index contributed by atoms with van der Waals surface area (Å²) in [6.07, 6.45) is 4.58. The van der Waals surface area contributed by atoms with Gasteiger partial charge < -0.3 is 29.6 Å². The number of para-hydroxylation sites is 2. The van der Waals surface area contributed by atoms with Crippen molar-refractivity contribution in [1.29, 1.82) is 0 Å². The molecule has 31 heavy (non-hydrogen) atoms. The Kier molecular flexibility index (Phi) is 7.63. The van der Waals surface area contributed by atoms with Crippen molar-refractivity contribution in [3.05, 3.63) is 48.5 Å². The number of benzene rings is 2. The Hall–Kier alpha value is -2.77. The van der Waals surface area contributed by atoms with Crippen LogP contribution in [0.1, 0.15) is 25.7 Å². The lowest BCUT2D eigenvalue weighted by molar-refractivity contribution is -0.114. The van der Waals surface area contributed by atoms with Crippen LogP contribution in [0.15, 0.2) is 48.5 Å². The molecule has 7 nitrogen and oxygen atoms in total. The van der Waals surface area contributed by atoms with Crippen LogP contribution in [-0.4, -0.2) is 51.1 Å². The topological polar surface area (TPSA) is 78.1 Å². The van der Waals surface area contributed by atoms with Crippen molar-refractivity contribution >= 4 is 17.3 Å². The average Bonchev–Trinajstić information content (AvgIpc) is 3.51. The molecule has 4 rings (SSSR count). The van der Waals surface area contributed by atoms with E-state index in [1.54, 1.807) is 0 Å². The second-order valence-corrected chi connectivity index (χ2v) is 7.81. The highest BCUT2D eigenvalue weighted by Crippen LogP contribution is 2.25. The lowest BCUT2D eigenvalue weighted by atomic mass is 10.2. The van der Waals surface area contributed by atoms with Crippen molar-refractivity contribution in [2.45, 2.75) is 37.9 Å². The molecule has 166 valence electrons. The smallest absolute Gasteiger partial charge is 0.243 e. The summed E-state index contributed by atoms with van der Waals surface area (Å²) in [7, 11) is 0. The Balaban J connectivity index is 1.21. The molecular formula is C24H30N2O5. The van der Waals surface area contributed by atoms with E-state index in [1.807, 2.05) is 48.5 Å². The third-order valence-corrected chi connectivity index (χ3v) is 5.37. The zero-order valence-electron chi connectivity index (χ0n) is 17.7. The van der Waals surface area contributed by atoms with Gasteiger partial charge in [-0.1, -0.05) is 12.1 Å². The van der Waals surface area contributed by atoms with Gasteiger partial charge in [-0.2, -0.15) is 0 Å². The van der Waals surface area contributed by atoms with Crippen LogP contribution in [0.25, 0.3) is 0 Å². The van der Waals surface area contributed by atoms with Crippen LogP contribution in [-0.2, 0) is 14.3 Å². The minimum absolute atomic E-state index is 0.136. The molecule has 0 spiro atoms. The number of anilines is 2. The van der Waals surface area contributed by atoms with Gasteiger partial charge in [0.15, 0.2) is 0 Å². The molecule has 2 aromatic rings. The molecule has 7 heteroatoms. The second-order valence-electron chi connectivity index (χ2n) is 7.81. The van der Waals surface area contributed by atoms with Gasteiger partial charge in [-0.05, 0) is 62.1 Å². The van der Waals surface area contributed by atoms with E-state index < -0.39 is 0 Å². The summed E-state index contributed by atoms with van der Waals surface area (Å²) < 4.78 is 22.8. The number of carbonyl (C=O) groups excluding carboxylic acids is 1. The van der Waals surface area contributed by atoms with Crippen molar-refractivity contribution in [2.24, 2.45) is 0 Å². The van der Waals surface area contributed by atoms with Gasteiger partial charge in [-0.15, -0.1) is 0 Å². The predicted molar refractivity (Wildman–Crippen MR) is 119 cm³/mol. The summed E-state index contributed by atoms with van der Waals surface area (Å²) in [5, 5.41) is 6.05. The van der Waals surface area contributed by atoms with E-state index in [2.05, 4.69) is 10.6 Å². The van der Waals surface area contributed by atoms with Crippen LogP contribution < -0.4 is 20.1 Å². The van der Waals surface area contributed by atoms with Gasteiger partial charge in [0, 0.05) is 18.9 Å². The Morgan fingerprint density at radius 1 is 0.903 bits per heavy atom. The minimum Gasteiger partial charge on any atom is -0.491 e. The van der Waals surface area contributed by atoms with Gasteiger partial charge in [0.05, 0.1) is 24.4 Å². The maximum Gasteiger partial charge on any atom is 0.243 e. The fourth-order valence-electron chi connectivity index (χ4n) is 3.68. The summed E-state index contributed by atoms with van der Waals surface area (Å²) in [6.45, 7) is 2.84. The standard InChI is InChI=1S/C24H30N2O5/c27-24(26-18-9-11-19(12-10-18)30-16-20-5-3-13-28-20)15-25-22-7-1-2-8-23(22)31-17-21-6-4-14-29-21/h1-2,7-12,20-21,25H,3-6,13-17H2,(H,26,27). The van der Waals surface area contributed by atoms with E-state index in [0.717, 1.165) is 61.8 Å². The first-order valence-corrected chi connectivity index (χ1v) is 11.0. The Bertz CT molecular complexity index is 830. The number of ether oxygens (including phenoxy) is 4. The fraction of sp³-hybridized carbons (Fsp3) is 0.458. The summed E-state index contributed by atoms with van der Waals surface area (Å²) >= 11 is 0. The van der Waals surface area contributed by atoms with Crippen LogP contribution in [0, 0.1) is 0 Å². The molecule has 2 aliphatic heterocycles. The SMILES string of the molecule is O=C(CNc1ccccc1OCC1CCCO1)Nc1ccc(OCC2CCCO2)cc1. The van der Waals surface area contributed by atoms with Gasteiger partial charge in [-0.3, -0.25) is 4.79 Å². The predicted octanol–water partition coefficient (Wildman–Crippen LogP) is 3.85. The third kappa shape index (κ3) is 6.60. The van der Waals surface area contributed by atoms with Crippen molar-refractivity contribution in [3.63, 3.8) is 0 Å². The maximum absolute atomic E-state index is 12.4. The zero-order valence-corrected chi connectivity index (χ0v) is 17.7. The number of hydrogen-bond donors (Lipinski definition) is 2. The first-order valence-electron chi connectivity index (χ1n) is 11.0. The first kappa shape index (κ1) is 21.5. The van der Waals surface area contributed by atoms with Crippen molar-refractivity contribution in [2.75, 3.05) is 43.6 Å². The molecule has 0 aromatic heterocycles. The fourth-order valence-corrected chi connectivity index (χ4v) is 3.68. The number of amides is 1. The summed E-state index contributed by atoms with van der Waals surface area (Å²) in [4.78, 5) is 12.4. The maximum atomic E-state index is 12.4. The van der Waals surface area contributed by atoms with Crippen LogP contribution in [0.2, 0.25) is 0 Å².